The van der Waals surface area contributed by atoms with E-state index in [9.17, 15) is 5.11 Å². The lowest BCUT2D eigenvalue weighted by atomic mass is 9.90. The first-order chi connectivity index (χ1) is 8.48. The molecule has 0 amide bonds. The lowest BCUT2D eigenvalue weighted by Gasteiger charge is -2.24. The number of nitrogens with one attached hydrogen (secondary N) is 1. The van der Waals surface area contributed by atoms with Gasteiger partial charge in [-0.05, 0) is 17.9 Å². The molecule has 0 aliphatic carbocycles. The number of phenolic OH excluding ortho intramolecular Hbond substituents is 1. The normalized spacial score (nSPS) is 11.6. The minimum atomic E-state index is 0.0524. The van der Waals surface area contributed by atoms with Crippen LogP contribution >= 0.6 is 0 Å². The average molecular weight is 253 g/mol. The Balaban J connectivity index is 2.49. The molecule has 0 atom stereocenters. The molecule has 0 saturated heterocycles. The molecule has 0 aliphatic rings. The lowest BCUT2D eigenvalue weighted by molar-refractivity contribution is 0.207. The van der Waals surface area contributed by atoms with E-state index in [0.29, 0.717) is 12.3 Å². The van der Waals surface area contributed by atoms with Gasteiger partial charge in [-0.3, -0.25) is 0 Å². The monoisotopic (exact) mass is 253 g/mol. The maximum Gasteiger partial charge on any atom is 0.123 e. The molecule has 0 radical (unpaired) electrons. The number of benzene rings is 1. The molecule has 102 valence electrons. The maximum atomic E-state index is 9.80. The Morgan fingerprint density at radius 1 is 1.33 bits per heavy atom. The van der Waals surface area contributed by atoms with Crippen LogP contribution in [0.25, 0.3) is 0 Å². The minimum Gasteiger partial charge on any atom is -0.507 e. The average Bonchev–Trinajstić information content (AvgIpc) is 2.31. The summed E-state index contributed by atoms with van der Waals surface area (Å²) in [5, 5.41) is 22.0. The zero-order chi connectivity index (χ0) is 13.6. The van der Waals surface area contributed by atoms with Crippen LogP contribution in [0.15, 0.2) is 18.2 Å². The van der Waals surface area contributed by atoms with Gasteiger partial charge < -0.3 is 20.3 Å². The zero-order valence-electron chi connectivity index (χ0n) is 11.4. The highest BCUT2D eigenvalue weighted by molar-refractivity contribution is 5.39. The highest BCUT2D eigenvalue weighted by Crippen LogP contribution is 2.24. The molecule has 0 saturated carbocycles. The number of rotatable bonds is 7. The first-order valence-electron chi connectivity index (χ1n) is 6.16. The number of hydrogen-bond acceptors (Lipinski definition) is 4. The van der Waals surface area contributed by atoms with Gasteiger partial charge in [0.25, 0.3) is 0 Å². The molecule has 1 rings (SSSR count). The Morgan fingerprint density at radius 2 is 2.06 bits per heavy atom. The lowest BCUT2D eigenvalue weighted by Crippen LogP contribution is -2.29. The van der Waals surface area contributed by atoms with Crippen LogP contribution in [0.3, 0.4) is 0 Å². The largest absolute Gasteiger partial charge is 0.507 e. The van der Waals surface area contributed by atoms with Gasteiger partial charge in [-0.25, -0.2) is 0 Å². The molecule has 4 nitrogen and oxygen atoms in total. The van der Waals surface area contributed by atoms with Gasteiger partial charge in [0.1, 0.15) is 11.5 Å². The molecular formula is C14H23NO3. The molecule has 4 heteroatoms. The smallest absolute Gasteiger partial charge is 0.123 e. The topological polar surface area (TPSA) is 61.7 Å². The summed E-state index contributed by atoms with van der Waals surface area (Å²) in [6.07, 6.45) is 0.759. The maximum absolute atomic E-state index is 9.80. The van der Waals surface area contributed by atoms with Gasteiger partial charge in [0, 0.05) is 31.3 Å². The molecule has 0 bridgehead atoms. The van der Waals surface area contributed by atoms with Gasteiger partial charge >= 0.3 is 0 Å². The van der Waals surface area contributed by atoms with Crippen molar-refractivity contribution in [2.45, 2.75) is 26.8 Å². The fourth-order valence-corrected chi connectivity index (χ4v) is 1.75. The van der Waals surface area contributed by atoms with Crippen molar-refractivity contribution in [3.63, 3.8) is 0 Å². The number of ether oxygens (including phenoxy) is 1. The standard InChI is InChI=1S/C14H23NO3/c1-14(2,6-7-16)10-15-9-11-4-5-12(18-3)8-13(11)17/h4-5,8,15-17H,6-7,9-10H2,1-3H3. The van der Waals surface area contributed by atoms with E-state index in [0.717, 1.165) is 18.5 Å². The summed E-state index contributed by atoms with van der Waals surface area (Å²) in [6.45, 7) is 5.79. The molecule has 0 spiro atoms. The molecular weight excluding hydrogens is 230 g/mol. The minimum absolute atomic E-state index is 0.0524. The van der Waals surface area contributed by atoms with E-state index in [1.165, 1.54) is 0 Å². The van der Waals surface area contributed by atoms with E-state index in [2.05, 4.69) is 19.2 Å². The van der Waals surface area contributed by atoms with Crippen LogP contribution in [0, 0.1) is 5.41 Å². The summed E-state index contributed by atoms with van der Waals surface area (Å²) in [4.78, 5) is 0. The third-order valence-electron chi connectivity index (χ3n) is 3.00. The summed E-state index contributed by atoms with van der Waals surface area (Å²) < 4.78 is 5.03. The van der Waals surface area contributed by atoms with Gasteiger partial charge in [0.2, 0.25) is 0 Å². The van der Waals surface area contributed by atoms with E-state index in [1.54, 1.807) is 13.2 Å². The summed E-state index contributed by atoms with van der Waals surface area (Å²) in [5.74, 6) is 0.888. The summed E-state index contributed by atoms with van der Waals surface area (Å²) >= 11 is 0. The molecule has 1 aromatic rings. The van der Waals surface area contributed by atoms with Crippen LogP contribution in [0.4, 0.5) is 0 Å². The van der Waals surface area contributed by atoms with Crippen molar-refractivity contribution in [1.82, 2.24) is 5.32 Å². The Morgan fingerprint density at radius 3 is 2.61 bits per heavy atom. The highest BCUT2D eigenvalue weighted by Gasteiger charge is 2.16. The van der Waals surface area contributed by atoms with Gasteiger partial charge in [0.05, 0.1) is 7.11 Å². The molecule has 1 aromatic carbocycles. The van der Waals surface area contributed by atoms with Crippen molar-refractivity contribution in [2.24, 2.45) is 5.41 Å². The van der Waals surface area contributed by atoms with Crippen molar-refractivity contribution in [2.75, 3.05) is 20.3 Å². The van der Waals surface area contributed by atoms with E-state index >= 15 is 0 Å². The predicted octanol–water partition coefficient (Wildman–Crippen LogP) is 1.90. The zero-order valence-corrected chi connectivity index (χ0v) is 11.4. The number of aliphatic hydroxyl groups excluding tert-OH is 1. The second-order valence-corrected chi connectivity index (χ2v) is 5.24. The summed E-state index contributed by atoms with van der Waals surface area (Å²) in [5.41, 5.74) is 0.896. The van der Waals surface area contributed by atoms with E-state index in [-0.39, 0.29) is 17.8 Å². The predicted molar refractivity (Wildman–Crippen MR) is 71.8 cm³/mol. The van der Waals surface area contributed by atoms with Crippen molar-refractivity contribution >= 4 is 0 Å². The van der Waals surface area contributed by atoms with Crippen molar-refractivity contribution in [3.8, 4) is 11.5 Å². The van der Waals surface area contributed by atoms with Crippen LogP contribution in [0.2, 0.25) is 0 Å². The van der Waals surface area contributed by atoms with Crippen molar-refractivity contribution in [3.05, 3.63) is 23.8 Å². The van der Waals surface area contributed by atoms with Gasteiger partial charge in [-0.1, -0.05) is 19.9 Å². The number of aromatic hydroxyl groups is 1. The molecule has 0 aromatic heterocycles. The van der Waals surface area contributed by atoms with E-state index in [4.69, 9.17) is 9.84 Å². The number of aliphatic hydroxyl groups is 1. The third-order valence-corrected chi connectivity index (χ3v) is 3.00. The Labute approximate surface area is 109 Å². The van der Waals surface area contributed by atoms with E-state index in [1.807, 2.05) is 12.1 Å². The van der Waals surface area contributed by atoms with Crippen LogP contribution < -0.4 is 10.1 Å². The van der Waals surface area contributed by atoms with Crippen LogP contribution in [0.5, 0.6) is 11.5 Å². The molecule has 18 heavy (non-hydrogen) atoms. The fraction of sp³-hybridized carbons (Fsp3) is 0.571. The molecule has 3 N–H and O–H groups in total. The van der Waals surface area contributed by atoms with Gasteiger partial charge in [-0.2, -0.15) is 0 Å². The van der Waals surface area contributed by atoms with Crippen LogP contribution in [-0.2, 0) is 6.54 Å². The third kappa shape index (κ3) is 4.55. The molecule has 0 fully saturated rings. The second-order valence-electron chi connectivity index (χ2n) is 5.24. The first kappa shape index (κ1) is 14.8. The quantitative estimate of drug-likeness (QED) is 0.694. The number of methoxy groups -OCH3 is 1. The molecule has 0 unspecified atom stereocenters. The fourth-order valence-electron chi connectivity index (χ4n) is 1.75. The summed E-state index contributed by atoms with van der Waals surface area (Å²) in [6, 6.07) is 5.28. The van der Waals surface area contributed by atoms with Crippen LogP contribution in [0.1, 0.15) is 25.8 Å². The van der Waals surface area contributed by atoms with Crippen molar-refractivity contribution in [1.29, 1.82) is 0 Å². The molecule has 0 heterocycles. The Bertz CT molecular complexity index is 377. The van der Waals surface area contributed by atoms with Crippen molar-refractivity contribution < 1.29 is 14.9 Å². The Kier molecular flexibility index (Phi) is 5.44. The first-order valence-corrected chi connectivity index (χ1v) is 6.16. The number of phenols is 1. The van der Waals surface area contributed by atoms with E-state index < -0.39 is 0 Å². The molecule has 0 aliphatic heterocycles. The summed E-state index contributed by atoms with van der Waals surface area (Å²) in [7, 11) is 1.57. The highest BCUT2D eigenvalue weighted by atomic mass is 16.5. The second kappa shape index (κ2) is 6.61. The number of hydrogen-bond donors (Lipinski definition) is 3. The van der Waals surface area contributed by atoms with Crippen LogP contribution in [-0.4, -0.2) is 30.5 Å². The SMILES string of the molecule is COc1ccc(CNCC(C)(C)CCO)c(O)c1. The van der Waals surface area contributed by atoms with Gasteiger partial charge in [-0.15, -0.1) is 0 Å². The van der Waals surface area contributed by atoms with Gasteiger partial charge in [0.15, 0.2) is 0 Å². The Hall–Kier alpha value is -1.26.